The lowest BCUT2D eigenvalue weighted by Crippen LogP contribution is -2.52. The third kappa shape index (κ3) is 3.30. The summed E-state index contributed by atoms with van der Waals surface area (Å²) in [4.78, 5) is 2.05. The van der Waals surface area contributed by atoms with Gasteiger partial charge < -0.3 is 9.64 Å². The quantitative estimate of drug-likeness (QED) is 0.836. The van der Waals surface area contributed by atoms with E-state index in [0.717, 1.165) is 24.3 Å². The van der Waals surface area contributed by atoms with Gasteiger partial charge in [0, 0.05) is 31.9 Å². The van der Waals surface area contributed by atoms with Crippen molar-refractivity contribution in [2.24, 2.45) is 5.92 Å². The Morgan fingerprint density at radius 1 is 1.33 bits per heavy atom. The molecule has 2 saturated carbocycles. The van der Waals surface area contributed by atoms with E-state index >= 15 is 0 Å². The fourth-order valence-electron chi connectivity index (χ4n) is 2.65. The van der Waals surface area contributed by atoms with E-state index in [4.69, 9.17) is 4.74 Å². The average molecular weight is 285 g/mol. The van der Waals surface area contributed by atoms with Crippen molar-refractivity contribution in [3.8, 4) is 11.8 Å². The fraction of sp³-hybridized carbons (Fsp3) is 0.588. The van der Waals surface area contributed by atoms with E-state index in [1.54, 1.807) is 0 Å². The highest BCUT2D eigenvalue weighted by Gasteiger charge is 2.49. The zero-order chi connectivity index (χ0) is 14.9. The molecule has 1 aromatic rings. The summed E-state index contributed by atoms with van der Waals surface area (Å²) in [6, 6.07) is 11.0. The van der Waals surface area contributed by atoms with Crippen LogP contribution in [0.15, 0.2) is 24.3 Å². The van der Waals surface area contributed by atoms with Crippen LogP contribution < -0.4 is 15.0 Å². The van der Waals surface area contributed by atoms with Crippen LogP contribution in [0.25, 0.3) is 0 Å². The molecule has 2 fully saturated rings. The first-order valence-corrected chi connectivity index (χ1v) is 7.72. The van der Waals surface area contributed by atoms with E-state index < -0.39 is 5.54 Å². The molecular weight excluding hydrogens is 262 g/mol. The summed E-state index contributed by atoms with van der Waals surface area (Å²) in [5, 5.41) is 13.2. The van der Waals surface area contributed by atoms with E-state index in [1.807, 2.05) is 43.3 Å². The third-order valence-corrected chi connectivity index (χ3v) is 4.31. The number of nitriles is 1. The fourth-order valence-corrected chi connectivity index (χ4v) is 2.65. The molecule has 0 bridgehead atoms. The van der Waals surface area contributed by atoms with Crippen LogP contribution in [0.2, 0.25) is 0 Å². The van der Waals surface area contributed by atoms with Gasteiger partial charge in [-0.3, -0.25) is 5.32 Å². The molecular formula is C17H23N3O. The Balaban J connectivity index is 1.69. The highest BCUT2D eigenvalue weighted by Crippen LogP contribution is 2.41. The van der Waals surface area contributed by atoms with Crippen LogP contribution in [-0.4, -0.2) is 32.3 Å². The third-order valence-electron chi connectivity index (χ3n) is 4.31. The number of ether oxygens (including phenoxy) is 1. The van der Waals surface area contributed by atoms with Gasteiger partial charge in [0.05, 0.1) is 6.07 Å². The molecule has 0 saturated heterocycles. The van der Waals surface area contributed by atoms with E-state index in [9.17, 15) is 5.26 Å². The van der Waals surface area contributed by atoms with Crippen molar-refractivity contribution in [1.29, 1.82) is 5.26 Å². The lowest BCUT2D eigenvalue weighted by molar-refractivity contribution is 0.200. The van der Waals surface area contributed by atoms with Gasteiger partial charge in [0.25, 0.3) is 0 Å². The number of hydrogen-bond donors (Lipinski definition) is 1. The molecule has 1 aromatic carbocycles. The second-order valence-corrected chi connectivity index (χ2v) is 6.46. The lowest BCUT2D eigenvalue weighted by atomic mass is 9.96. The van der Waals surface area contributed by atoms with Crippen molar-refractivity contribution in [2.45, 2.75) is 37.3 Å². The minimum absolute atomic E-state index is 0.432. The Labute approximate surface area is 126 Å². The summed E-state index contributed by atoms with van der Waals surface area (Å²) in [7, 11) is 4.02. The van der Waals surface area contributed by atoms with Crippen molar-refractivity contribution in [1.82, 2.24) is 5.32 Å². The number of nitrogens with one attached hydrogen (secondary N) is 1. The molecule has 0 aromatic heterocycles. The Morgan fingerprint density at radius 2 is 2.10 bits per heavy atom. The molecule has 0 heterocycles. The van der Waals surface area contributed by atoms with Crippen molar-refractivity contribution in [3.05, 3.63) is 24.3 Å². The maximum absolute atomic E-state index is 9.68. The van der Waals surface area contributed by atoms with Crippen LogP contribution in [-0.2, 0) is 0 Å². The second-order valence-electron chi connectivity index (χ2n) is 6.46. The van der Waals surface area contributed by atoms with Crippen molar-refractivity contribution >= 4 is 5.69 Å². The first-order chi connectivity index (χ1) is 10.1. The molecule has 4 heteroatoms. The monoisotopic (exact) mass is 285 g/mol. The van der Waals surface area contributed by atoms with Crippen LogP contribution in [0.3, 0.4) is 0 Å². The molecule has 21 heavy (non-hydrogen) atoms. The Kier molecular flexibility index (Phi) is 3.77. The van der Waals surface area contributed by atoms with Gasteiger partial charge >= 0.3 is 0 Å². The second kappa shape index (κ2) is 5.57. The van der Waals surface area contributed by atoms with Crippen LogP contribution in [0.4, 0.5) is 5.69 Å². The highest BCUT2D eigenvalue weighted by atomic mass is 16.5. The standard InChI is InChI=1S/C17H23N3O/c1-20(2)15-4-3-5-16(10-15)21-12-17(11-18,13-6-7-13)19-14-8-9-14/h3-5,10,13-14,19H,6-9,12H2,1-2H3. The summed E-state index contributed by atoms with van der Waals surface area (Å²) < 4.78 is 5.97. The molecule has 3 rings (SSSR count). The predicted octanol–water partition coefficient (Wildman–Crippen LogP) is 2.56. The molecule has 4 nitrogen and oxygen atoms in total. The van der Waals surface area contributed by atoms with Gasteiger partial charge in [0.15, 0.2) is 0 Å². The minimum atomic E-state index is -0.505. The number of rotatable bonds is 7. The van der Waals surface area contributed by atoms with Crippen molar-refractivity contribution in [3.63, 3.8) is 0 Å². The molecule has 2 aliphatic carbocycles. The van der Waals surface area contributed by atoms with Gasteiger partial charge in [-0.1, -0.05) is 6.07 Å². The van der Waals surface area contributed by atoms with Crippen LogP contribution in [0, 0.1) is 17.2 Å². The number of hydrogen-bond acceptors (Lipinski definition) is 4. The first kappa shape index (κ1) is 14.2. The summed E-state index contributed by atoms with van der Waals surface area (Å²) in [6.45, 7) is 0.432. The summed E-state index contributed by atoms with van der Waals surface area (Å²) in [5.74, 6) is 1.28. The van der Waals surface area contributed by atoms with E-state index in [0.29, 0.717) is 18.6 Å². The predicted molar refractivity (Wildman–Crippen MR) is 83.5 cm³/mol. The number of nitrogens with zero attached hydrogens (tertiary/aromatic N) is 2. The number of benzene rings is 1. The molecule has 1 unspecified atom stereocenters. The van der Waals surface area contributed by atoms with Crippen LogP contribution >= 0.6 is 0 Å². The summed E-state index contributed by atoms with van der Waals surface area (Å²) in [5.41, 5.74) is 0.603. The first-order valence-electron chi connectivity index (χ1n) is 7.72. The zero-order valence-electron chi connectivity index (χ0n) is 12.8. The van der Waals surface area contributed by atoms with Gasteiger partial charge in [-0.15, -0.1) is 0 Å². The Morgan fingerprint density at radius 3 is 2.67 bits per heavy atom. The molecule has 0 spiro atoms. The van der Waals surface area contributed by atoms with Gasteiger partial charge in [-0.05, 0) is 43.7 Å². The molecule has 1 N–H and O–H groups in total. The maximum atomic E-state index is 9.68. The summed E-state index contributed by atoms with van der Waals surface area (Å²) in [6.07, 6.45) is 4.64. The SMILES string of the molecule is CN(C)c1cccc(OCC(C#N)(NC2CC2)C2CC2)c1. The number of anilines is 1. The smallest absolute Gasteiger partial charge is 0.144 e. The van der Waals surface area contributed by atoms with Crippen LogP contribution in [0.5, 0.6) is 5.75 Å². The lowest BCUT2D eigenvalue weighted by Gasteiger charge is -2.28. The van der Waals surface area contributed by atoms with Gasteiger partial charge in [0.2, 0.25) is 0 Å². The summed E-state index contributed by atoms with van der Waals surface area (Å²) >= 11 is 0. The molecule has 0 aliphatic heterocycles. The Bertz CT molecular complexity index is 543. The molecule has 0 amide bonds. The highest BCUT2D eigenvalue weighted by molar-refractivity contribution is 5.49. The normalized spacial score (nSPS) is 20.4. The maximum Gasteiger partial charge on any atom is 0.144 e. The molecule has 0 radical (unpaired) electrons. The zero-order valence-corrected chi connectivity index (χ0v) is 12.8. The minimum Gasteiger partial charge on any atom is -0.490 e. The van der Waals surface area contributed by atoms with E-state index in [1.165, 1.54) is 12.8 Å². The van der Waals surface area contributed by atoms with Crippen molar-refractivity contribution in [2.75, 3.05) is 25.6 Å². The van der Waals surface area contributed by atoms with E-state index in [-0.39, 0.29) is 0 Å². The van der Waals surface area contributed by atoms with E-state index in [2.05, 4.69) is 11.4 Å². The topological polar surface area (TPSA) is 48.3 Å². The van der Waals surface area contributed by atoms with Gasteiger partial charge in [-0.25, -0.2) is 0 Å². The van der Waals surface area contributed by atoms with Gasteiger partial charge in [0.1, 0.15) is 17.9 Å². The van der Waals surface area contributed by atoms with Gasteiger partial charge in [-0.2, -0.15) is 5.26 Å². The largest absolute Gasteiger partial charge is 0.490 e. The molecule has 2 aliphatic rings. The average Bonchev–Trinajstić information content (AvgIpc) is 3.37. The Hall–Kier alpha value is -1.73. The van der Waals surface area contributed by atoms with Crippen molar-refractivity contribution < 1.29 is 4.74 Å². The molecule has 112 valence electrons. The molecule has 1 atom stereocenters. The van der Waals surface area contributed by atoms with Crippen LogP contribution in [0.1, 0.15) is 25.7 Å².